The normalized spacial score (nSPS) is 22.6. The lowest BCUT2D eigenvalue weighted by Gasteiger charge is -2.25. The van der Waals surface area contributed by atoms with Crippen molar-refractivity contribution in [1.29, 1.82) is 0 Å². The number of carbonyl (C=O) groups is 4. The van der Waals surface area contributed by atoms with Crippen LogP contribution in [0.1, 0.15) is 20.7 Å². The number of fused-ring (bicyclic) bond motifs is 1. The zero-order valence-electron chi connectivity index (χ0n) is 10.0. The van der Waals surface area contributed by atoms with E-state index >= 15 is 0 Å². The molecule has 1 aromatic carbocycles. The van der Waals surface area contributed by atoms with E-state index in [2.05, 4.69) is 5.32 Å². The minimum Gasteiger partial charge on any atom is -0.301 e. The van der Waals surface area contributed by atoms with Crippen molar-refractivity contribution in [1.82, 2.24) is 10.6 Å². The number of imide groups is 1. The fourth-order valence-corrected chi connectivity index (χ4v) is 2.84. The lowest BCUT2D eigenvalue weighted by atomic mass is 9.86. The standard InChI is InChI=1S/C13H8N2O4S/c16-9-5-3-1-2-4-6(5)10(17)7(9)8-11(18)14-13(19)15-12(8)20/h1-4,7-8H,(H2,14,15,18,19,20). The highest BCUT2D eigenvalue weighted by Crippen LogP contribution is 2.32. The number of carbonyl (C=O) groups excluding carboxylic acids is 4. The number of hydrogen-bond acceptors (Lipinski definition) is 5. The SMILES string of the molecule is O=C1NC(=O)C(C2C(=O)c3ccccc3C2=O)C(=S)N1. The predicted molar refractivity (Wildman–Crippen MR) is 71.4 cm³/mol. The number of nitrogens with one attached hydrogen (secondary N) is 2. The zero-order chi connectivity index (χ0) is 14.4. The van der Waals surface area contributed by atoms with Crippen molar-refractivity contribution in [2.24, 2.45) is 11.8 Å². The predicted octanol–water partition coefficient (Wildman–Crippen LogP) is 0.465. The minimum atomic E-state index is -1.19. The fourth-order valence-electron chi connectivity index (χ4n) is 2.50. The average molecular weight is 288 g/mol. The van der Waals surface area contributed by atoms with Crippen LogP contribution in [-0.4, -0.2) is 28.5 Å². The number of benzene rings is 1. The summed E-state index contributed by atoms with van der Waals surface area (Å²) in [5.74, 6) is -3.94. The Morgan fingerprint density at radius 3 is 1.90 bits per heavy atom. The van der Waals surface area contributed by atoms with Gasteiger partial charge in [0.1, 0.15) is 11.8 Å². The van der Waals surface area contributed by atoms with E-state index in [0.717, 1.165) is 0 Å². The molecule has 6 nitrogen and oxygen atoms in total. The summed E-state index contributed by atoms with van der Waals surface area (Å²) in [5, 5.41) is 4.28. The lowest BCUT2D eigenvalue weighted by molar-refractivity contribution is -0.122. The number of ketones is 2. The van der Waals surface area contributed by atoms with E-state index in [1.807, 2.05) is 5.32 Å². The second kappa shape index (κ2) is 4.31. The largest absolute Gasteiger partial charge is 0.326 e. The summed E-state index contributed by atoms with van der Waals surface area (Å²) in [5.41, 5.74) is 0.574. The van der Waals surface area contributed by atoms with Gasteiger partial charge in [0.05, 0.1) is 4.99 Å². The molecule has 1 atom stereocenters. The first-order chi connectivity index (χ1) is 9.50. The van der Waals surface area contributed by atoms with Crippen molar-refractivity contribution in [2.45, 2.75) is 0 Å². The first kappa shape index (κ1) is 12.6. The van der Waals surface area contributed by atoms with Crippen LogP contribution in [0.3, 0.4) is 0 Å². The van der Waals surface area contributed by atoms with E-state index < -0.39 is 35.3 Å². The van der Waals surface area contributed by atoms with Gasteiger partial charge in [-0.2, -0.15) is 0 Å². The molecule has 7 heteroatoms. The molecule has 20 heavy (non-hydrogen) atoms. The van der Waals surface area contributed by atoms with Gasteiger partial charge in [0, 0.05) is 11.1 Å². The van der Waals surface area contributed by atoms with E-state index in [4.69, 9.17) is 12.2 Å². The Bertz CT molecular complexity index is 642. The van der Waals surface area contributed by atoms with Crippen LogP contribution in [-0.2, 0) is 4.79 Å². The van der Waals surface area contributed by atoms with E-state index in [1.54, 1.807) is 12.1 Å². The van der Waals surface area contributed by atoms with E-state index in [-0.39, 0.29) is 16.1 Å². The van der Waals surface area contributed by atoms with Crippen LogP contribution >= 0.6 is 12.2 Å². The number of urea groups is 1. The smallest absolute Gasteiger partial charge is 0.301 e. The second-order valence-corrected chi connectivity index (χ2v) is 4.98. The topological polar surface area (TPSA) is 92.3 Å². The Balaban J connectivity index is 2.03. The minimum absolute atomic E-state index is 0.0988. The Hall–Kier alpha value is -2.41. The van der Waals surface area contributed by atoms with Crippen molar-refractivity contribution in [2.75, 3.05) is 0 Å². The fraction of sp³-hybridized carbons (Fsp3) is 0.154. The van der Waals surface area contributed by atoms with Crippen molar-refractivity contribution in [3.8, 4) is 0 Å². The summed E-state index contributed by atoms with van der Waals surface area (Å²) in [4.78, 5) is 47.5. The molecule has 0 radical (unpaired) electrons. The third kappa shape index (κ3) is 1.67. The molecular formula is C13H8N2O4S. The van der Waals surface area contributed by atoms with Gasteiger partial charge in [-0.05, 0) is 0 Å². The molecule has 3 amide bonds. The third-order valence-electron chi connectivity index (χ3n) is 3.39. The molecule has 0 saturated carbocycles. The van der Waals surface area contributed by atoms with E-state index in [9.17, 15) is 19.2 Å². The van der Waals surface area contributed by atoms with Crippen molar-refractivity contribution in [3.63, 3.8) is 0 Å². The molecule has 1 aliphatic heterocycles. The summed E-state index contributed by atoms with van der Waals surface area (Å²) in [6.45, 7) is 0. The second-order valence-electron chi connectivity index (χ2n) is 4.54. The number of Topliss-reactive ketones (excluding diaryl/α,β-unsaturated/α-hetero) is 2. The Kier molecular flexibility index (Phi) is 2.72. The van der Waals surface area contributed by atoms with Crippen LogP contribution in [0.4, 0.5) is 4.79 Å². The van der Waals surface area contributed by atoms with Crippen molar-refractivity contribution in [3.05, 3.63) is 35.4 Å². The quantitative estimate of drug-likeness (QED) is 0.578. The molecule has 1 aliphatic carbocycles. The van der Waals surface area contributed by atoms with Crippen LogP contribution in [0.2, 0.25) is 0 Å². The number of thiocarbonyl (C=S) groups is 1. The van der Waals surface area contributed by atoms with Crippen LogP contribution in [0.5, 0.6) is 0 Å². The lowest BCUT2D eigenvalue weighted by Crippen LogP contribution is -2.58. The van der Waals surface area contributed by atoms with Crippen LogP contribution in [0.25, 0.3) is 0 Å². The molecule has 1 heterocycles. The maximum Gasteiger partial charge on any atom is 0.326 e. The van der Waals surface area contributed by atoms with Crippen molar-refractivity contribution >= 4 is 40.7 Å². The highest BCUT2D eigenvalue weighted by Gasteiger charge is 2.49. The van der Waals surface area contributed by atoms with Gasteiger partial charge in [0.2, 0.25) is 5.91 Å². The molecule has 1 fully saturated rings. The molecule has 2 N–H and O–H groups in total. The van der Waals surface area contributed by atoms with Gasteiger partial charge in [-0.1, -0.05) is 36.5 Å². The number of hydrogen-bond donors (Lipinski definition) is 2. The van der Waals surface area contributed by atoms with Crippen molar-refractivity contribution < 1.29 is 19.2 Å². The first-order valence-electron chi connectivity index (χ1n) is 5.84. The Morgan fingerprint density at radius 2 is 1.40 bits per heavy atom. The highest BCUT2D eigenvalue weighted by atomic mass is 32.1. The molecular weight excluding hydrogens is 280 g/mol. The van der Waals surface area contributed by atoms with Gasteiger partial charge < -0.3 is 5.32 Å². The molecule has 100 valence electrons. The Labute approximate surface area is 118 Å². The average Bonchev–Trinajstić information content (AvgIpc) is 2.64. The van der Waals surface area contributed by atoms with Gasteiger partial charge in [-0.3, -0.25) is 19.7 Å². The Morgan fingerprint density at radius 1 is 0.850 bits per heavy atom. The van der Waals surface area contributed by atoms with Crippen LogP contribution < -0.4 is 10.6 Å². The van der Waals surface area contributed by atoms with Gasteiger partial charge in [-0.15, -0.1) is 0 Å². The molecule has 2 aliphatic rings. The molecule has 0 aromatic heterocycles. The van der Waals surface area contributed by atoms with Crippen LogP contribution in [0, 0.1) is 11.8 Å². The molecule has 1 saturated heterocycles. The summed E-state index contributed by atoms with van der Waals surface area (Å²) in [6.07, 6.45) is 0. The number of rotatable bonds is 1. The molecule has 1 unspecified atom stereocenters. The van der Waals surface area contributed by atoms with Gasteiger partial charge in [0.15, 0.2) is 11.6 Å². The molecule has 0 bridgehead atoms. The summed E-state index contributed by atoms with van der Waals surface area (Å²) in [6, 6.07) is 5.63. The molecule has 0 spiro atoms. The zero-order valence-corrected chi connectivity index (χ0v) is 10.8. The van der Waals surface area contributed by atoms with Gasteiger partial charge in [0.25, 0.3) is 0 Å². The maximum atomic E-state index is 12.3. The summed E-state index contributed by atoms with van der Waals surface area (Å²) >= 11 is 4.94. The van der Waals surface area contributed by atoms with Gasteiger partial charge in [-0.25, -0.2) is 4.79 Å². The molecule has 1 aromatic rings. The van der Waals surface area contributed by atoms with Crippen LogP contribution in [0.15, 0.2) is 24.3 Å². The van der Waals surface area contributed by atoms with E-state index in [0.29, 0.717) is 0 Å². The first-order valence-corrected chi connectivity index (χ1v) is 6.24. The van der Waals surface area contributed by atoms with E-state index in [1.165, 1.54) is 12.1 Å². The maximum absolute atomic E-state index is 12.3. The highest BCUT2D eigenvalue weighted by molar-refractivity contribution is 7.80. The summed E-state index contributed by atoms with van der Waals surface area (Å²) in [7, 11) is 0. The summed E-state index contributed by atoms with van der Waals surface area (Å²) < 4.78 is 0. The van der Waals surface area contributed by atoms with Gasteiger partial charge >= 0.3 is 6.03 Å². The third-order valence-corrected chi connectivity index (χ3v) is 3.75. The number of amides is 3. The monoisotopic (exact) mass is 288 g/mol. The molecule has 3 rings (SSSR count).